The summed E-state index contributed by atoms with van der Waals surface area (Å²) in [4.78, 5) is 5.99. The zero-order chi connectivity index (χ0) is 14.8. The fraction of sp³-hybridized carbons (Fsp3) is 0.556. The van der Waals surface area contributed by atoms with Gasteiger partial charge in [0.1, 0.15) is 0 Å². The molecule has 1 aromatic heterocycles. The monoisotopic (exact) mass is 285 g/mol. The van der Waals surface area contributed by atoms with Gasteiger partial charge in [-0.25, -0.2) is 0 Å². The number of nitrogens with two attached hydrogens (primary N) is 1. The minimum atomic E-state index is 0.482. The molecule has 3 nitrogen and oxygen atoms in total. The molecule has 0 radical (unpaired) electrons. The molecule has 1 saturated heterocycles. The average molecular weight is 285 g/mol. The van der Waals surface area contributed by atoms with E-state index in [1.54, 1.807) is 0 Å². The number of piperidine rings is 1. The highest BCUT2D eigenvalue weighted by atomic mass is 15.1. The van der Waals surface area contributed by atoms with Crippen LogP contribution in [0.15, 0.2) is 30.5 Å². The van der Waals surface area contributed by atoms with Crippen LogP contribution >= 0.6 is 0 Å². The predicted octanol–water partition coefficient (Wildman–Crippen LogP) is 3.33. The van der Waals surface area contributed by atoms with Gasteiger partial charge < -0.3 is 15.6 Å². The average Bonchev–Trinajstić information content (AvgIpc) is 2.93. The van der Waals surface area contributed by atoms with E-state index >= 15 is 0 Å². The summed E-state index contributed by atoms with van der Waals surface area (Å²) in [5.41, 5.74) is 8.79. The Hall–Kier alpha value is -1.32. The van der Waals surface area contributed by atoms with Crippen LogP contribution in [0.25, 0.3) is 10.9 Å². The molecule has 3 rings (SSSR count). The molecule has 1 aliphatic rings. The number of rotatable bonds is 4. The van der Waals surface area contributed by atoms with Gasteiger partial charge in [0, 0.05) is 29.1 Å². The lowest BCUT2D eigenvalue weighted by Crippen LogP contribution is -2.40. The Balaban J connectivity index is 1.80. The van der Waals surface area contributed by atoms with Crippen molar-refractivity contribution in [1.29, 1.82) is 0 Å². The SMILES string of the molecule is CC(C)N1CCC(C(CN)c2c[nH]c3ccccc23)CC1. The van der Waals surface area contributed by atoms with Crippen LogP contribution < -0.4 is 5.73 Å². The predicted molar refractivity (Wildman–Crippen MR) is 89.5 cm³/mol. The second kappa shape index (κ2) is 6.20. The van der Waals surface area contributed by atoms with Crippen LogP contribution in [0.4, 0.5) is 0 Å². The van der Waals surface area contributed by atoms with Crippen LogP contribution in [0.1, 0.15) is 38.2 Å². The molecule has 1 atom stereocenters. The lowest BCUT2D eigenvalue weighted by atomic mass is 9.80. The first-order chi connectivity index (χ1) is 10.2. The maximum absolute atomic E-state index is 6.15. The third-order valence-electron chi connectivity index (χ3n) is 5.15. The molecule has 0 saturated carbocycles. The minimum Gasteiger partial charge on any atom is -0.361 e. The van der Waals surface area contributed by atoms with E-state index in [9.17, 15) is 0 Å². The number of likely N-dealkylation sites (tertiary alicyclic amines) is 1. The summed E-state index contributed by atoms with van der Waals surface area (Å²) in [6.45, 7) is 7.75. The van der Waals surface area contributed by atoms with Crippen molar-refractivity contribution >= 4 is 10.9 Å². The van der Waals surface area contributed by atoms with Gasteiger partial charge in [-0.05, 0) is 63.9 Å². The molecule has 3 N–H and O–H groups in total. The van der Waals surface area contributed by atoms with Crippen molar-refractivity contribution in [2.75, 3.05) is 19.6 Å². The highest BCUT2D eigenvalue weighted by molar-refractivity contribution is 5.83. The first kappa shape index (κ1) is 14.6. The molecule has 1 fully saturated rings. The highest BCUT2D eigenvalue weighted by Crippen LogP contribution is 2.35. The molecule has 3 heteroatoms. The van der Waals surface area contributed by atoms with Gasteiger partial charge >= 0.3 is 0 Å². The Labute approximate surface area is 127 Å². The maximum atomic E-state index is 6.15. The number of fused-ring (bicyclic) bond motifs is 1. The van der Waals surface area contributed by atoms with Gasteiger partial charge in [-0.15, -0.1) is 0 Å². The smallest absolute Gasteiger partial charge is 0.0456 e. The fourth-order valence-electron chi connectivity index (χ4n) is 3.81. The molecule has 21 heavy (non-hydrogen) atoms. The third-order valence-corrected chi connectivity index (χ3v) is 5.15. The van der Waals surface area contributed by atoms with Crippen LogP contribution in [0.3, 0.4) is 0 Å². The Morgan fingerprint density at radius 1 is 1.24 bits per heavy atom. The first-order valence-corrected chi connectivity index (χ1v) is 8.21. The quantitative estimate of drug-likeness (QED) is 0.905. The van der Waals surface area contributed by atoms with Gasteiger partial charge in [0.25, 0.3) is 0 Å². The summed E-state index contributed by atoms with van der Waals surface area (Å²) in [5.74, 6) is 1.19. The van der Waals surface area contributed by atoms with Crippen LogP contribution in [0.5, 0.6) is 0 Å². The summed E-state index contributed by atoms with van der Waals surface area (Å²) < 4.78 is 0. The van der Waals surface area contributed by atoms with E-state index in [1.807, 2.05) is 0 Å². The van der Waals surface area contributed by atoms with Crippen LogP contribution in [-0.2, 0) is 0 Å². The molecule has 1 unspecified atom stereocenters. The van der Waals surface area contributed by atoms with E-state index in [4.69, 9.17) is 5.73 Å². The van der Waals surface area contributed by atoms with E-state index in [0.717, 1.165) is 6.54 Å². The first-order valence-electron chi connectivity index (χ1n) is 8.21. The molecule has 0 amide bonds. The third kappa shape index (κ3) is 2.85. The number of hydrogen-bond donors (Lipinski definition) is 2. The lowest BCUT2D eigenvalue weighted by molar-refractivity contribution is 0.138. The Kier molecular flexibility index (Phi) is 4.32. The van der Waals surface area contributed by atoms with E-state index in [2.05, 4.69) is 54.2 Å². The van der Waals surface area contributed by atoms with Gasteiger partial charge in [0.05, 0.1) is 0 Å². The standard InChI is InChI=1S/C18H27N3/c1-13(2)21-9-7-14(8-10-21)16(11-19)17-12-20-18-6-4-3-5-15(17)18/h3-6,12-14,16,20H,7-11,19H2,1-2H3. The number of nitrogens with one attached hydrogen (secondary N) is 1. The highest BCUT2D eigenvalue weighted by Gasteiger charge is 2.28. The maximum Gasteiger partial charge on any atom is 0.0456 e. The summed E-state index contributed by atoms with van der Waals surface area (Å²) in [6.07, 6.45) is 4.70. The molecule has 0 spiro atoms. The van der Waals surface area contributed by atoms with E-state index < -0.39 is 0 Å². The van der Waals surface area contributed by atoms with Crippen molar-refractivity contribution in [3.8, 4) is 0 Å². The molecule has 114 valence electrons. The molecular formula is C18H27N3. The molecule has 2 heterocycles. The van der Waals surface area contributed by atoms with Crippen LogP contribution in [0, 0.1) is 5.92 Å². The molecule has 1 aliphatic heterocycles. The normalized spacial score (nSPS) is 19.4. The summed E-state index contributed by atoms with van der Waals surface area (Å²) in [5, 5.41) is 1.35. The van der Waals surface area contributed by atoms with Gasteiger partial charge in [-0.2, -0.15) is 0 Å². The zero-order valence-electron chi connectivity index (χ0n) is 13.2. The number of H-pyrrole nitrogens is 1. The van der Waals surface area contributed by atoms with E-state index in [0.29, 0.717) is 17.9 Å². The minimum absolute atomic E-state index is 0.482. The lowest BCUT2D eigenvalue weighted by Gasteiger charge is -2.37. The molecular weight excluding hydrogens is 258 g/mol. The second-order valence-electron chi connectivity index (χ2n) is 6.60. The Morgan fingerprint density at radius 2 is 1.95 bits per heavy atom. The molecule has 0 aliphatic carbocycles. The van der Waals surface area contributed by atoms with Gasteiger partial charge in [-0.3, -0.25) is 0 Å². The Morgan fingerprint density at radius 3 is 2.62 bits per heavy atom. The van der Waals surface area contributed by atoms with Crippen LogP contribution in [0.2, 0.25) is 0 Å². The van der Waals surface area contributed by atoms with E-state index in [-0.39, 0.29) is 0 Å². The molecule has 0 bridgehead atoms. The van der Waals surface area contributed by atoms with Crippen molar-refractivity contribution in [2.45, 2.75) is 38.6 Å². The summed E-state index contributed by atoms with van der Waals surface area (Å²) >= 11 is 0. The zero-order valence-corrected chi connectivity index (χ0v) is 13.2. The number of hydrogen-bond acceptors (Lipinski definition) is 2. The Bertz CT molecular complexity index is 579. The van der Waals surface area contributed by atoms with Crippen molar-refractivity contribution in [2.24, 2.45) is 11.7 Å². The summed E-state index contributed by atoms with van der Waals surface area (Å²) in [6, 6.07) is 9.23. The number of para-hydroxylation sites is 1. The van der Waals surface area contributed by atoms with Crippen molar-refractivity contribution in [3.05, 3.63) is 36.0 Å². The molecule has 2 aromatic rings. The van der Waals surface area contributed by atoms with E-state index in [1.165, 1.54) is 42.4 Å². The molecule has 1 aromatic carbocycles. The number of aromatic amines is 1. The van der Waals surface area contributed by atoms with Crippen molar-refractivity contribution in [3.63, 3.8) is 0 Å². The topological polar surface area (TPSA) is 45.0 Å². The van der Waals surface area contributed by atoms with Gasteiger partial charge in [0.2, 0.25) is 0 Å². The fourth-order valence-corrected chi connectivity index (χ4v) is 3.81. The van der Waals surface area contributed by atoms with Crippen molar-refractivity contribution in [1.82, 2.24) is 9.88 Å². The van der Waals surface area contributed by atoms with Crippen molar-refractivity contribution < 1.29 is 0 Å². The second-order valence-corrected chi connectivity index (χ2v) is 6.60. The number of benzene rings is 1. The number of aromatic nitrogens is 1. The van der Waals surface area contributed by atoms with Gasteiger partial charge in [0.15, 0.2) is 0 Å². The largest absolute Gasteiger partial charge is 0.361 e. The summed E-state index contributed by atoms with van der Waals surface area (Å²) in [7, 11) is 0. The van der Waals surface area contributed by atoms with Crippen LogP contribution in [-0.4, -0.2) is 35.6 Å². The number of nitrogens with zero attached hydrogens (tertiary/aromatic N) is 1. The van der Waals surface area contributed by atoms with Gasteiger partial charge in [-0.1, -0.05) is 18.2 Å².